The second-order valence-electron chi connectivity index (χ2n) is 6.41. The Hall–Kier alpha value is -1.59. The lowest BCUT2D eigenvalue weighted by molar-refractivity contribution is 0.0615. The number of carbonyl (C=O) groups excluding carboxylic acids is 1. The van der Waals surface area contributed by atoms with E-state index in [0.717, 1.165) is 25.3 Å². The van der Waals surface area contributed by atoms with Crippen molar-refractivity contribution in [3.05, 3.63) is 29.8 Å². The predicted molar refractivity (Wildman–Crippen MR) is 90.8 cm³/mol. The molecule has 0 saturated carbocycles. The number of hydrogen-bond acceptors (Lipinski definition) is 4. The van der Waals surface area contributed by atoms with E-state index in [4.69, 9.17) is 9.84 Å². The highest BCUT2D eigenvalue weighted by molar-refractivity contribution is 5.94. The molecular weight excluding hydrogens is 292 g/mol. The maximum atomic E-state index is 12.5. The summed E-state index contributed by atoms with van der Waals surface area (Å²) >= 11 is 0. The van der Waals surface area contributed by atoms with E-state index in [9.17, 15) is 4.79 Å². The molecule has 0 aliphatic carbocycles. The average Bonchev–Trinajstić information content (AvgIpc) is 2.55. The summed E-state index contributed by atoms with van der Waals surface area (Å²) < 4.78 is 5.68. The second-order valence-corrected chi connectivity index (χ2v) is 6.41. The second kappa shape index (κ2) is 8.89. The quantitative estimate of drug-likeness (QED) is 0.833. The van der Waals surface area contributed by atoms with Crippen molar-refractivity contribution in [1.29, 1.82) is 0 Å². The van der Waals surface area contributed by atoms with Crippen LogP contribution in [0.1, 0.15) is 30.6 Å². The Labute approximate surface area is 138 Å². The molecule has 0 radical (unpaired) electrons. The van der Waals surface area contributed by atoms with E-state index in [0.29, 0.717) is 37.7 Å². The Bertz CT molecular complexity index is 480. The molecule has 1 heterocycles. The maximum Gasteiger partial charge on any atom is 0.253 e. The first-order chi connectivity index (χ1) is 11.1. The Morgan fingerprint density at radius 2 is 1.83 bits per heavy atom. The molecule has 128 valence electrons. The summed E-state index contributed by atoms with van der Waals surface area (Å²) in [6.07, 6.45) is 1.03. The molecule has 1 aliphatic rings. The SMILES string of the molecule is CC(C)CCOc1ccc(C(=O)N2CCN(CCO)CC2)cc1. The van der Waals surface area contributed by atoms with Crippen LogP contribution in [0, 0.1) is 5.92 Å². The molecule has 5 heteroatoms. The molecule has 0 aromatic heterocycles. The van der Waals surface area contributed by atoms with Crippen LogP contribution in [0.3, 0.4) is 0 Å². The van der Waals surface area contributed by atoms with Crippen LogP contribution in [-0.2, 0) is 0 Å². The fraction of sp³-hybridized carbons (Fsp3) is 0.611. The summed E-state index contributed by atoms with van der Waals surface area (Å²) in [7, 11) is 0. The number of aliphatic hydroxyl groups excluding tert-OH is 1. The lowest BCUT2D eigenvalue weighted by Gasteiger charge is -2.34. The minimum atomic E-state index is 0.0716. The molecule has 1 aromatic carbocycles. The van der Waals surface area contributed by atoms with Gasteiger partial charge in [0.25, 0.3) is 5.91 Å². The Kier molecular flexibility index (Phi) is 6.86. The molecule has 5 nitrogen and oxygen atoms in total. The molecule has 1 amide bonds. The number of piperazine rings is 1. The van der Waals surface area contributed by atoms with Crippen LogP contribution < -0.4 is 4.74 Å². The topological polar surface area (TPSA) is 53.0 Å². The van der Waals surface area contributed by atoms with E-state index in [2.05, 4.69) is 18.7 Å². The lowest BCUT2D eigenvalue weighted by atomic mass is 10.1. The van der Waals surface area contributed by atoms with Gasteiger partial charge in [-0.3, -0.25) is 9.69 Å². The van der Waals surface area contributed by atoms with Gasteiger partial charge in [0.05, 0.1) is 13.2 Å². The van der Waals surface area contributed by atoms with Crippen LogP contribution in [0.25, 0.3) is 0 Å². The first-order valence-corrected chi connectivity index (χ1v) is 8.45. The third-order valence-electron chi connectivity index (χ3n) is 4.14. The van der Waals surface area contributed by atoms with Gasteiger partial charge in [-0.2, -0.15) is 0 Å². The summed E-state index contributed by atoms with van der Waals surface area (Å²) in [4.78, 5) is 16.5. The van der Waals surface area contributed by atoms with Crippen LogP contribution in [0.4, 0.5) is 0 Å². The third-order valence-corrected chi connectivity index (χ3v) is 4.14. The van der Waals surface area contributed by atoms with E-state index >= 15 is 0 Å². The highest BCUT2D eigenvalue weighted by Gasteiger charge is 2.21. The van der Waals surface area contributed by atoms with E-state index in [-0.39, 0.29) is 12.5 Å². The van der Waals surface area contributed by atoms with Crippen molar-refractivity contribution in [2.24, 2.45) is 5.92 Å². The molecule has 1 N–H and O–H groups in total. The van der Waals surface area contributed by atoms with Crippen LogP contribution in [0.15, 0.2) is 24.3 Å². The largest absolute Gasteiger partial charge is 0.494 e. The van der Waals surface area contributed by atoms with E-state index in [1.165, 1.54) is 0 Å². The van der Waals surface area contributed by atoms with Crippen LogP contribution >= 0.6 is 0 Å². The molecule has 0 unspecified atom stereocenters. The zero-order chi connectivity index (χ0) is 16.7. The van der Waals surface area contributed by atoms with E-state index < -0.39 is 0 Å². The lowest BCUT2D eigenvalue weighted by Crippen LogP contribution is -2.49. The summed E-state index contributed by atoms with van der Waals surface area (Å²) in [6.45, 7) is 8.98. The fourth-order valence-corrected chi connectivity index (χ4v) is 2.60. The van der Waals surface area contributed by atoms with Crippen molar-refractivity contribution in [2.45, 2.75) is 20.3 Å². The predicted octanol–water partition coefficient (Wildman–Crippen LogP) is 1.86. The number of aliphatic hydroxyl groups is 1. The number of rotatable bonds is 7. The van der Waals surface area contributed by atoms with E-state index in [1.807, 2.05) is 29.2 Å². The molecule has 1 aliphatic heterocycles. The van der Waals surface area contributed by atoms with Gasteiger partial charge < -0.3 is 14.7 Å². The Morgan fingerprint density at radius 1 is 1.17 bits per heavy atom. The molecule has 0 atom stereocenters. The number of ether oxygens (including phenoxy) is 1. The Balaban J connectivity index is 1.83. The van der Waals surface area contributed by atoms with E-state index in [1.54, 1.807) is 0 Å². The smallest absolute Gasteiger partial charge is 0.253 e. The molecule has 1 saturated heterocycles. The zero-order valence-corrected chi connectivity index (χ0v) is 14.2. The van der Waals surface area contributed by atoms with Gasteiger partial charge in [-0.15, -0.1) is 0 Å². The number of amides is 1. The van der Waals surface area contributed by atoms with Gasteiger partial charge in [0.1, 0.15) is 5.75 Å². The summed E-state index contributed by atoms with van der Waals surface area (Å²) in [6, 6.07) is 7.42. The Morgan fingerprint density at radius 3 is 2.39 bits per heavy atom. The maximum absolute atomic E-state index is 12.5. The summed E-state index contributed by atoms with van der Waals surface area (Å²) in [5.74, 6) is 1.51. The van der Waals surface area contributed by atoms with Crippen molar-refractivity contribution in [2.75, 3.05) is 45.9 Å². The number of carbonyl (C=O) groups is 1. The van der Waals surface area contributed by atoms with Gasteiger partial charge in [0.15, 0.2) is 0 Å². The molecule has 23 heavy (non-hydrogen) atoms. The number of hydrogen-bond donors (Lipinski definition) is 1. The van der Waals surface area contributed by atoms with Gasteiger partial charge in [0.2, 0.25) is 0 Å². The van der Waals surface area contributed by atoms with Crippen LogP contribution in [-0.4, -0.2) is 66.8 Å². The van der Waals surface area contributed by atoms with Crippen molar-refractivity contribution in [3.8, 4) is 5.75 Å². The molecule has 1 aromatic rings. The van der Waals surface area contributed by atoms with Gasteiger partial charge in [-0.1, -0.05) is 13.8 Å². The first kappa shape index (κ1) is 17.8. The average molecular weight is 320 g/mol. The summed E-state index contributed by atoms with van der Waals surface area (Å²) in [5.41, 5.74) is 0.705. The van der Waals surface area contributed by atoms with Crippen LogP contribution in [0.2, 0.25) is 0 Å². The number of benzene rings is 1. The standard InChI is InChI=1S/C18H28N2O3/c1-15(2)7-14-23-17-5-3-16(4-6-17)18(22)20-10-8-19(9-11-20)12-13-21/h3-6,15,21H,7-14H2,1-2H3. The number of nitrogens with zero attached hydrogens (tertiary/aromatic N) is 2. The molecule has 1 fully saturated rings. The highest BCUT2D eigenvalue weighted by atomic mass is 16.5. The van der Waals surface area contributed by atoms with Crippen molar-refractivity contribution < 1.29 is 14.6 Å². The van der Waals surface area contributed by atoms with Gasteiger partial charge >= 0.3 is 0 Å². The fourth-order valence-electron chi connectivity index (χ4n) is 2.60. The molecule has 2 rings (SSSR count). The third kappa shape index (κ3) is 5.52. The molecule has 0 bridgehead atoms. The van der Waals surface area contributed by atoms with Crippen molar-refractivity contribution in [3.63, 3.8) is 0 Å². The minimum absolute atomic E-state index is 0.0716. The zero-order valence-electron chi connectivity index (χ0n) is 14.2. The first-order valence-electron chi connectivity index (χ1n) is 8.45. The van der Waals surface area contributed by atoms with Gasteiger partial charge in [-0.25, -0.2) is 0 Å². The molecule has 0 spiro atoms. The highest BCUT2D eigenvalue weighted by Crippen LogP contribution is 2.15. The monoisotopic (exact) mass is 320 g/mol. The normalized spacial score (nSPS) is 15.9. The van der Waals surface area contributed by atoms with Crippen molar-refractivity contribution in [1.82, 2.24) is 9.80 Å². The van der Waals surface area contributed by atoms with Crippen LogP contribution in [0.5, 0.6) is 5.75 Å². The molecular formula is C18H28N2O3. The number of β-amino-alcohol motifs (C(OH)–C–C–N with tert-alkyl or cyclic N) is 1. The minimum Gasteiger partial charge on any atom is -0.494 e. The van der Waals surface area contributed by atoms with Crippen molar-refractivity contribution >= 4 is 5.91 Å². The summed E-state index contributed by atoms with van der Waals surface area (Å²) in [5, 5.41) is 8.96. The van der Waals surface area contributed by atoms with Gasteiger partial charge in [-0.05, 0) is 36.6 Å². The van der Waals surface area contributed by atoms with Gasteiger partial charge in [0, 0.05) is 38.3 Å².